The van der Waals surface area contributed by atoms with Gasteiger partial charge in [0.2, 0.25) is 5.91 Å². The van der Waals surface area contributed by atoms with Crippen LogP contribution in [-0.4, -0.2) is 28.1 Å². The second kappa shape index (κ2) is 6.40. The molecule has 0 unspecified atom stereocenters. The lowest BCUT2D eigenvalue weighted by atomic mass is 9.90. The van der Waals surface area contributed by atoms with Crippen LogP contribution in [-0.2, 0) is 16.1 Å². The first kappa shape index (κ1) is 16.4. The molecule has 22 heavy (non-hydrogen) atoms. The number of amides is 1. The van der Waals surface area contributed by atoms with Crippen molar-refractivity contribution in [3.8, 4) is 0 Å². The Morgan fingerprint density at radius 2 is 2.05 bits per heavy atom. The maximum atomic E-state index is 12.0. The van der Waals surface area contributed by atoms with Gasteiger partial charge < -0.3 is 15.0 Å². The summed E-state index contributed by atoms with van der Waals surface area (Å²) < 4.78 is 1.82. The van der Waals surface area contributed by atoms with Crippen LogP contribution in [0.2, 0.25) is 5.02 Å². The molecule has 0 atom stereocenters. The molecule has 1 aromatic heterocycles. The summed E-state index contributed by atoms with van der Waals surface area (Å²) in [6.45, 7) is 3.79. The van der Waals surface area contributed by atoms with E-state index in [9.17, 15) is 9.59 Å². The molecule has 0 aliphatic rings. The predicted octanol–water partition coefficient (Wildman–Crippen LogP) is 2.91. The number of carboxylic acids is 1. The molecule has 2 N–H and O–H groups in total. The van der Waals surface area contributed by atoms with Gasteiger partial charge in [-0.15, -0.1) is 0 Å². The van der Waals surface area contributed by atoms with Crippen LogP contribution in [0.1, 0.15) is 20.3 Å². The van der Waals surface area contributed by atoms with Gasteiger partial charge in [0.15, 0.2) is 0 Å². The van der Waals surface area contributed by atoms with Gasteiger partial charge in [0.25, 0.3) is 0 Å². The van der Waals surface area contributed by atoms with Crippen molar-refractivity contribution in [3.05, 3.63) is 35.5 Å². The Bertz CT molecular complexity index is 706. The second-order valence-electron chi connectivity index (χ2n) is 5.94. The Balaban J connectivity index is 1.94. The van der Waals surface area contributed by atoms with E-state index in [0.29, 0.717) is 18.0 Å². The summed E-state index contributed by atoms with van der Waals surface area (Å²) in [4.78, 5) is 23.0. The van der Waals surface area contributed by atoms with Gasteiger partial charge in [-0.2, -0.15) is 0 Å². The maximum absolute atomic E-state index is 12.0. The van der Waals surface area contributed by atoms with Gasteiger partial charge in [-0.3, -0.25) is 9.59 Å². The lowest BCUT2D eigenvalue weighted by molar-refractivity contribution is -0.147. The number of nitrogens with zero attached hydrogens (tertiary/aromatic N) is 1. The second-order valence-corrected chi connectivity index (χ2v) is 6.37. The van der Waals surface area contributed by atoms with Crippen molar-refractivity contribution in [2.24, 2.45) is 5.41 Å². The summed E-state index contributed by atoms with van der Waals surface area (Å²) in [5.74, 6) is -1.02. The van der Waals surface area contributed by atoms with Crippen LogP contribution in [0.25, 0.3) is 10.9 Å². The third-order valence-corrected chi connectivity index (χ3v) is 3.94. The highest BCUT2D eigenvalue weighted by Crippen LogP contribution is 2.21. The number of hydrogen-bond acceptors (Lipinski definition) is 2. The summed E-state index contributed by atoms with van der Waals surface area (Å²) in [5.41, 5.74) is 0.0505. The van der Waals surface area contributed by atoms with E-state index in [2.05, 4.69) is 5.32 Å². The highest BCUT2D eigenvalue weighted by atomic mass is 35.5. The maximum Gasteiger partial charge on any atom is 0.309 e. The Morgan fingerprint density at radius 3 is 2.73 bits per heavy atom. The number of carbonyl (C=O) groups excluding carboxylic acids is 1. The van der Waals surface area contributed by atoms with E-state index in [-0.39, 0.29) is 12.5 Å². The minimum Gasteiger partial charge on any atom is -0.481 e. The van der Waals surface area contributed by atoms with Gasteiger partial charge in [-0.1, -0.05) is 17.7 Å². The molecule has 2 rings (SSSR count). The molecule has 118 valence electrons. The SMILES string of the molecule is CC(C)(CCNC(=O)Cn1ccc2ccc(Cl)cc21)C(=O)O. The molecule has 0 bridgehead atoms. The van der Waals surface area contributed by atoms with Gasteiger partial charge in [0.1, 0.15) is 6.54 Å². The van der Waals surface area contributed by atoms with Crippen molar-refractivity contribution in [1.82, 2.24) is 9.88 Å². The first-order valence-electron chi connectivity index (χ1n) is 7.04. The number of carboxylic acid groups (broad SMARTS) is 1. The Hall–Kier alpha value is -2.01. The fraction of sp³-hybridized carbons (Fsp3) is 0.375. The first-order chi connectivity index (χ1) is 10.3. The highest BCUT2D eigenvalue weighted by Gasteiger charge is 2.26. The zero-order chi connectivity index (χ0) is 16.3. The fourth-order valence-corrected chi connectivity index (χ4v) is 2.29. The quantitative estimate of drug-likeness (QED) is 0.859. The van der Waals surface area contributed by atoms with Gasteiger partial charge in [0, 0.05) is 23.3 Å². The number of carbonyl (C=O) groups is 2. The third kappa shape index (κ3) is 3.80. The Kier molecular flexibility index (Phi) is 4.76. The zero-order valence-electron chi connectivity index (χ0n) is 12.6. The number of halogens is 1. The summed E-state index contributed by atoms with van der Waals surface area (Å²) >= 11 is 5.98. The molecule has 0 spiro atoms. The third-order valence-electron chi connectivity index (χ3n) is 3.70. The number of rotatable bonds is 6. The smallest absolute Gasteiger partial charge is 0.309 e. The lowest BCUT2D eigenvalue weighted by Crippen LogP contribution is -2.33. The van der Waals surface area contributed by atoms with Gasteiger partial charge >= 0.3 is 5.97 Å². The van der Waals surface area contributed by atoms with E-state index < -0.39 is 11.4 Å². The van der Waals surface area contributed by atoms with Crippen molar-refractivity contribution in [1.29, 1.82) is 0 Å². The number of aromatic nitrogens is 1. The average Bonchev–Trinajstić information content (AvgIpc) is 2.81. The molecular formula is C16H19ClN2O3. The summed E-state index contributed by atoms with van der Waals surface area (Å²) in [6.07, 6.45) is 2.22. The molecular weight excluding hydrogens is 304 g/mol. The van der Waals surface area contributed by atoms with Crippen molar-refractivity contribution in [2.75, 3.05) is 6.54 Å². The monoisotopic (exact) mass is 322 g/mol. The molecule has 1 heterocycles. The molecule has 0 radical (unpaired) electrons. The zero-order valence-corrected chi connectivity index (χ0v) is 13.4. The summed E-state index contributed by atoms with van der Waals surface area (Å²) in [6, 6.07) is 7.45. The number of aliphatic carboxylic acids is 1. The van der Waals surface area contributed by atoms with Crippen LogP contribution in [0.3, 0.4) is 0 Å². The number of benzene rings is 1. The normalized spacial score (nSPS) is 11.6. The molecule has 1 aromatic carbocycles. The highest BCUT2D eigenvalue weighted by molar-refractivity contribution is 6.31. The minimum absolute atomic E-state index is 0.154. The molecule has 0 aliphatic heterocycles. The van der Waals surface area contributed by atoms with Gasteiger partial charge in [-0.05, 0) is 43.9 Å². The van der Waals surface area contributed by atoms with Crippen molar-refractivity contribution >= 4 is 34.4 Å². The van der Waals surface area contributed by atoms with Crippen molar-refractivity contribution in [3.63, 3.8) is 0 Å². The summed E-state index contributed by atoms with van der Waals surface area (Å²) in [5, 5.41) is 13.4. The molecule has 6 heteroatoms. The van der Waals surface area contributed by atoms with E-state index in [1.54, 1.807) is 13.8 Å². The Morgan fingerprint density at radius 1 is 1.32 bits per heavy atom. The van der Waals surface area contributed by atoms with Crippen LogP contribution in [0.15, 0.2) is 30.5 Å². The van der Waals surface area contributed by atoms with Crippen LogP contribution in [0.5, 0.6) is 0 Å². The van der Waals surface area contributed by atoms with Crippen LogP contribution < -0.4 is 5.32 Å². The van der Waals surface area contributed by atoms with Crippen molar-refractivity contribution in [2.45, 2.75) is 26.8 Å². The van der Waals surface area contributed by atoms with E-state index >= 15 is 0 Å². The fourth-order valence-electron chi connectivity index (χ4n) is 2.13. The van der Waals surface area contributed by atoms with Crippen LogP contribution in [0, 0.1) is 5.41 Å². The molecule has 2 aromatic rings. The average molecular weight is 323 g/mol. The Labute approximate surface area is 133 Å². The standard InChI is InChI=1S/C16H19ClN2O3/c1-16(2,15(21)22)6-7-18-14(20)10-19-8-5-11-3-4-12(17)9-13(11)19/h3-5,8-9H,6-7,10H2,1-2H3,(H,18,20)(H,21,22). The van der Waals surface area contributed by atoms with E-state index in [0.717, 1.165) is 10.9 Å². The molecule has 5 nitrogen and oxygen atoms in total. The molecule has 0 fully saturated rings. The number of fused-ring (bicyclic) bond motifs is 1. The van der Waals surface area contributed by atoms with Gasteiger partial charge in [0.05, 0.1) is 5.41 Å². The topological polar surface area (TPSA) is 71.3 Å². The first-order valence-corrected chi connectivity index (χ1v) is 7.42. The minimum atomic E-state index is -0.868. The van der Waals surface area contributed by atoms with Gasteiger partial charge in [-0.25, -0.2) is 0 Å². The largest absolute Gasteiger partial charge is 0.481 e. The van der Waals surface area contributed by atoms with E-state index in [1.807, 2.05) is 35.0 Å². The molecule has 0 aliphatic carbocycles. The predicted molar refractivity (Wildman–Crippen MR) is 86.0 cm³/mol. The van der Waals surface area contributed by atoms with E-state index in [4.69, 9.17) is 16.7 Å². The van der Waals surface area contributed by atoms with Crippen LogP contribution >= 0.6 is 11.6 Å². The molecule has 0 saturated heterocycles. The van der Waals surface area contributed by atoms with E-state index in [1.165, 1.54) is 0 Å². The number of nitrogens with one attached hydrogen (secondary N) is 1. The molecule has 0 saturated carbocycles. The van der Waals surface area contributed by atoms with Crippen LogP contribution in [0.4, 0.5) is 0 Å². The number of hydrogen-bond donors (Lipinski definition) is 2. The summed E-state index contributed by atoms with van der Waals surface area (Å²) in [7, 11) is 0. The van der Waals surface area contributed by atoms with Crippen molar-refractivity contribution < 1.29 is 14.7 Å². The molecule has 1 amide bonds. The lowest BCUT2D eigenvalue weighted by Gasteiger charge is -2.19.